The van der Waals surface area contributed by atoms with Gasteiger partial charge in [0.2, 0.25) is 0 Å². The summed E-state index contributed by atoms with van der Waals surface area (Å²) in [6.07, 6.45) is 3.96. The van der Waals surface area contributed by atoms with E-state index in [9.17, 15) is 22.0 Å². The zero-order valence-electron chi connectivity index (χ0n) is 16.5. The third-order valence-electron chi connectivity index (χ3n) is 5.17. The molecule has 0 N–H and O–H groups in total. The van der Waals surface area contributed by atoms with E-state index in [1.165, 1.54) is 48.5 Å². The van der Waals surface area contributed by atoms with Crippen LogP contribution >= 0.6 is 0 Å². The van der Waals surface area contributed by atoms with Crippen LogP contribution in [0.15, 0.2) is 72.8 Å². The van der Waals surface area contributed by atoms with Gasteiger partial charge in [-0.05, 0) is 65.8 Å². The summed E-state index contributed by atoms with van der Waals surface area (Å²) in [5, 5.41) is 0.497. The first-order valence-electron chi connectivity index (χ1n) is 9.66. The SMILES string of the molecule is CC=CCc1cc(F)c(-c2ccc(-c3ccc4c(F)c(F)ccc4c3)c(F)c2)c(F)c1. The van der Waals surface area contributed by atoms with Gasteiger partial charge in [-0.3, -0.25) is 0 Å². The quantitative estimate of drug-likeness (QED) is 0.230. The van der Waals surface area contributed by atoms with Gasteiger partial charge in [-0.15, -0.1) is 0 Å². The Hall–Kier alpha value is -3.47. The minimum Gasteiger partial charge on any atom is -0.206 e. The van der Waals surface area contributed by atoms with Crippen LogP contribution in [0, 0.1) is 29.1 Å². The summed E-state index contributed by atoms with van der Waals surface area (Å²) >= 11 is 0. The standard InChI is InChI=1S/C26H17F5/c1-2-3-4-15-11-23(29)25(24(30)12-15)18-6-8-19(22(28)14-18)16-5-9-20-17(13-16)7-10-21(27)26(20)31/h2-3,5-14H,4H2,1H3. The minimum absolute atomic E-state index is 0.0720. The molecule has 0 nitrogen and oxygen atoms in total. The maximum atomic E-state index is 14.9. The van der Waals surface area contributed by atoms with Crippen molar-refractivity contribution >= 4 is 10.8 Å². The van der Waals surface area contributed by atoms with E-state index in [0.29, 0.717) is 22.9 Å². The second-order valence-electron chi connectivity index (χ2n) is 7.20. The van der Waals surface area contributed by atoms with E-state index >= 15 is 0 Å². The molecule has 0 saturated carbocycles. The van der Waals surface area contributed by atoms with Crippen LogP contribution in [0.1, 0.15) is 12.5 Å². The molecule has 0 amide bonds. The van der Waals surface area contributed by atoms with Crippen LogP contribution in [-0.4, -0.2) is 0 Å². The molecule has 0 aliphatic rings. The Morgan fingerprint density at radius 2 is 1.39 bits per heavy atom. The van der Waals surface area contributed by atoms with Crippen LogP contribution in [0.4, 0.5) is 22.0 Å². The van der Waals surface area contributed by atoms with Gasteiger partial charge in [0.25, 0.3) is 0 Å². The molecule has 5 heteroatoms. The highest BCUT2D eigenvalue weighted by atomic mass is 19.2. The van der Waals surface area contributed by atoms with Crippen molar-refractivity contribution in [3.8, 4) is 22.3 Å². The van der Waals surface area contributed by atoms with Crippen molar-refractivity contribution in [3.63, 3.8) is 0 Å². The average molecular weight is 424 g/mol. The number of fused-ring (bicyclic) bond motifs is 1. The third-order valence-corrected chi connectivity index (χ3v) is 5.17. The highest BCUT2D eigenvalue weighted by molar-refractivity contribution is 5.88. The van der Waals surface area contributed by atoms with Crippen molar-refractivity contribution < 1.29 is 22.0 Å². The van der Waals surface area contributed by atoms with Gasteiger partial charge in [-0.25, -0.2) is 22.0 Å². The molecule has 0 spiro atoms. The van der Waals surface area contributed by atoms with Gasteiger partial charge in [-0.1, -0.05) is 42.5 Å². The molecule has 0 fully saturated rings. The number of hydrogen-bond acceptors (Lipinski definition) is 0. The highest BCUT2D eigenvalue weighted by Crippen LogP contribution is 2.33. The molecule has 0 aliphatic carbocycles. The number of hydrogen-bond donors (Lipinski definition) is 0. The molecular formula is C26H17F5. The van der Waals surface area contributed by atoms with E-state index in [1.807, 2.05) is 6.92 Å². The van der Waals surface area contributed by atoms with E-state index in [1.54, 1.807) is 12.2 Å². The van der Waals surface area contributed by atoms with E-state index in [0.717, 1.165) is 12.1 Å². The van der Waals surface area contributed by atoms with Gasteiger partial charge in [0.05, 0.1) is 5.56 Å². The number of halogens is 5. The summed E-state index contributed by atoms with van der Waals surface area (Å²) in [5.74, 6) is -4.15. The summed E-state index contributed by atoms with van der Waals surface area (Å²) in [6.45, 7) is 1.82. The van der Waals surface area contributed by atoms with Crippen molar-refractivity contribution in [2.24, 2.45) is 0 Å². The van der Waals surface area contributed by atoms with E-state index < -0.39 is 29.1 Å². The fourth-order valence-electron chi connectivity index (χ4n) is 3.61. The molecule has 4 aromatic carbocycles. The Morgan fingerprint density at radius 1 is 0.677 bits per heavy atom. The summed E-state index contributed by atoms with van der Waals surface area (Å²) in [5.41, 5.74) is 0.869. The topological polar surface area (TPSA) is 0 Å². The Labute approximate surface area is 176 Å². The van der Waals surface area contributed by atoms with Crippen molar-refractivity contribution in [2.45, 2.75) is 13.3 Å². The first kappa shape index (κ1) is 20.8. The maximum absolute atomic E-state index is 14.9. The molecule has 0 bridgehead atoms. The summed E-state index contributed by atoms with van der Waals surface area (Å²) in [7, 11) is 0. The largest absolute Gasteiger partial charge is 0.206 e. The van der Waals surface area contributed by atoms with Crippen LogP contribution < -0.4 is 0 Å². The fourth-order valence-corrected chi connectivity index (χ4v) is 3.61. The second-order valence-corrected chi connectivity index (χ2v) is 7.20. The third kappa shape index (κ3) is 3.96. The summed E-state index contributed by atoms with van der Waals surface area (Å²) < 4.78 is 71.3. The van der Waals surface area contributed by atoms with E-state index in [4.69, 9.17) is 0 Å². The van der Waals surface area contributed by atoms with Crippen molar-refractivity contribution in [2.75, 3.05) is 0 Å². The number of allylic oxidation sites excluding steroid dienone is 2. The highest BCUT2D eigenvalue weighted by Gasteiger charge is 2.16. The average Bonchev–Trinajstić information content (AvgIpc) is 2.74. The van der Waals surface area contributed by atoms with Crippen molar-refractivity contribution in [1.29, 1.82) is 0 Å². The van der Waals surface area contributed by atoms with Gasteiger partial charge in [0, 0.05) is 10.9 Å². The van der Waals surface area contributed by atoms with Gasteiger partial charge in [-0.2, -0.15) is 0 Å². The minimum atomic E-state index is -0.969. The van der Waals surface area contributed by atoms with Crippen LogP contribution in [0.25, 0.3) is 33.0 Å². The predicted octanol–water partition coefficient (Wildman–Crippen LogP) is 7.99. The normalized spacial score (nSPS) is 11.5. The van der Waals surface area contributed by atoms with Crippen molar-refractivity contribution in [3.05, 3.63) is 107 Å². The first-order valence-corrected chi connectivity index (χ1v) is 9.66. The molecule has 0 unspecified atom stereocenters. The zero-order chi connectivity index (χ0) is 22.1. The summed E-state index contributed by atoms with van der Waals surface area (Å²) in [6, 6.07) is 13.2. The molecule has 4 rings (SSSR count). The second kappa shape index (κ2) is 8.34. The lowest BCUT2D eigenvalue weighted by molar-refractivity contribution is 0.517. The zero-order valence-corrected chi connectivity index (χ0v) is 16.5. The lowest BCUT2D eigenvalue weighted by Crippen LogP contribution is -1.95. The molecule has 0 saturated heterocycles. The molecule has 0 atom stereocenters. The Kier molecular flexibility index (Phi) is 5.59. The smallest absolute Gasteiger partial charge is 0.166 e. The molecule has 156 valence electrons. The van der Waals surface area contributed by atoms with Gasteiger partial charge in [0.15, 0.2) is 11.6 Å². The van der Waals surface area contributed by atoms with Crippen LogP contribution in [-0.2, 0) is 6.42 Å². The fraction of sp³-hybridized carbons (Fsp3) is 0.0769. The lowest BCUT2D eigenvalue weighted by atomic mass is 9.96. The number of benzene rings is 4. The first-order chi connectivity index (χ1) is 14.9. The lowest BCUT2D eigenvalue weighted by Gasteiger charge is -2.11. The molecule has 0 aromatic heterocycles. The molecule has 4 aromatic rings. The number of rotatable bonds is 4. The van der Waals surface area contributed by atoms with E-state index in [-0.39, 0.29) is 22.1 Å². The molecule has 0 heterocycles. The van der Waals surface area contributed by atoms with Gasteiger partial charge >= 0.3 is 0 Å². The molecular weight excluding hydrogens is 407 g/mol. The molecule has 0 aliphatic heterocycles. The monoisotopic (exact) mass is 424 g/mol. The van der Waals surface area contributed by atoms with Crippen LogP contribution in [0.2, 0.25) is 0 Å². The van der Waals surface area contributed by atoms with Gasteiger partial charge < -0.3 is 0 Å². The Balaban J connectivity index is 1.74. The summed E-state index contributed by atoms with van der Waals surface area (Å²) in [4.78, 5) is 0. The van der Waals surface area contributed by atoms with Crippen LogP contribution in [0.3, 0.4) is 0 Å². The molecule has 0 radical (unpaired) electrons. The Bertz CT molecular complexity index is 1300. The van der Waals surface area contributed by atoms with E-state index in [2.05, 4.69) is 0 Å². The van der Waals surface area contributed by atoms with Crippen LogP contribution in [0.5, 0.6) is 0 Å². The van der Waals surface area contributed by atoms with Gasteiger partial charge in [0.1, 0.15) is 17.5 Å². The molecule has 31 heavy (non-hydrogen) atoms. The Morgan fingerprint density at radius 3 is 2.06 bits per heavy atom. The predicted molar refractivity (Wildman–Crippen MR) is 113 cm³/mol. The van der Waals surface area contributed by atoms with Crippen molar-refractivity contribution in [1.82, 2.24) is 0 Å². The maximum Gasteiger partial charge on any atom is 0.166 e.